The van der Waals surface area contributed by atoms with E-state index in [1.54, 1.807) is 35.1 Å². The van der Waals surface area contributed by atoms with Crippen LogP contribution in [0, 0.1) is 6.92 Å². The number of rotatable bonds is 5. The molecule has 2 N–H and O–H groups in total. The Kier molecular flexibility index (Phi) is 5.48. The summed E-state index contributed by atoms with van der Waals surface area (Å²) in [4.78, 5) is 24.2. The number of anilines is 1. The fraction of sp³-hybridized carbons (Fsp3) is 0.105. The van der Waals surface area contributed by atoms with Gasteiger partial charge >= 0.3 is 0 Å². The van der Waals surface area contributed by atoms with Crippen molar-refractivity contribution in [1.29, 1.82) is 0 Å². The van der Waals surface area contributed by atoms with Crippen LogP contribution in [0.3, 0.4) is 0 Å². The normalized spacial score (nSPS) is 10.4. The van der Waals surface area contributed by atoms with Gasteiger partial charge in [0.15, 0.2) is 0 Å². The van der Waals surface area contributed by atoms with E-state index in [9.17, 15) is 9.59 Å². The van der Waals surface area contributed by atoms with Crippen molar-refractivity contribution in [2.24, 2.45) is 0 Å². The van der Waals surface area contributed by atoms with E-state index in [4.69, 9.17) is 0 Å². The molecule has 6 nitrogen and oxygen atoms in total. The molecule has 0 atom stereocenters. The van der Waals surface area contributed by atoms with Crippen LogP contribution in [0.25, 0.3) is 5.69 Å². The zero-order valence-corrected chi connectivity index (χ0v) is 15.7. The fourth-order valence-electron chi connectivity index (χ4n) is 2.41. The third kappa shape index (κ3) is 4.37. The predicted molar refractivity (Wildman–Crippen MR) is 103 cm³/mol. The van der Waals surface area contributed by atoms with Crippen LogP contribution in [0.5, 0.6) is 0 Å². The number of nitrogens with zero attached hydrogens (tertiary/aromatic N) is 2. The van der Waals surface area contributed by atoms with Crippen molar-refractivity contribution in [2.75, 3.05) is 11.9 Å². The van der Waals surface area contributed by atoms with Crippen molar-refractivity contribution in [3.05, 3.63) is 76.5 Å². The Balaban J connectivity index is 1.55. The Hall–Kier alpha value is -2.93. The second kappa shape index (κ2) is 7.97. The molecule has 0 aliphatic heterocycles. The van der Waals surface area contributed by atoms with Gasteiger partial charge in [-0.3, -0.25) is 9.59 Å². The van der Waals surface area contributed by atoms with Gasteiger partial charge in [-0.05, 0) is 61.0 Å². The first kappa shape index (κ1) is 17.9. The Morgan fingerprint density at radius 2 is 1.92 bits per heavy atom. The highest BCUT2D eigenvalue weighted by Crippen LogP contribution is 2.19. The van der Waals surface area contributed by atoms with Gasteiger partial charge in [0, 0.05) is 28.1 Å². The fourth-order valence-corrected chi connectivity index (χ4v) is 2.89. The molecular weight excluding hydrogens is 396 g/mol. The molecule has 0 spiro atoms. The summed E-state index contributed by atoms with van der Waals surface area (Å²) in [5.41, 5.74) is 2.99. The highest BCUT2D eigenvalue weighted by atomic mass is 79.9. The number of hydrogen-bond donors (Lipinski definition) is 2. The summed E-state index contributed by atoms with van der Waals surface area (Å²) in [6.07, 6.45) is 3.51. The summed E-state index contributed by atoms with van der Waals surface area (Å²) >= 11 is 3.38. The summed E-state index contributed by atoms with van der Waals surface area (Å²) < 4.78 is 2.65. The van der Waals surface area contributed by atoms with Crippen LogP contribution in [-0.2, 0) is 4.79 Å². The van der Waals surface area contributed by atoms with Crippen molar-refractivity contribution in [3.8, 4) is 5.69 Å². The Morgan fingerprint density at radius 3 is 2.58 bits per heavy atom. The van der Waals surface area contributed by atoms with Gasteiger partial charge in [-0.25, -0.2) is 4.68 Å². The highest BCUT2D eigenvalue weighted by Gasteiger charge is 2.10. The molecule has 0 aliphatic carbocycles. The maximum atomic E-state index is 12.2. The molecule has 0 saturated carbocycles. The second-order valence-electron chi connectivity index (χ2n) is 5.69. The first-order valence-electron chi connectivity index (χ1n) is 7.97. The number of nitrogens with one attached hydrogen (secondary N) is 2. The van der Waals surface area contributed by atoms with Crippen molar-refractivity contribution in [1.82, 2.24) is 15.1 Å². The van der Waals surface area contributed by atoms with Gasteiger partial charge < -0.3 is 10.6 Å². The van der Waals surface area contributed by atoms with Gasteiger partial charge in [0.2, 0.25) is 5.91 Å². The third-order valence-electron chi connectivity index (χ3n) is 3.77. The molecule has 0 radical (unpaired) electrons. The zero-order chi connectivity index (χ0) is 18.5. The van der Waals surface area contributed by atoms with Crippen LogP contribution < -0.4 is 10.6 Å². The van der Waals surface area contributed by atoms with E-state index in [1.807, 2.05) is 37.4 Å². The average Bonchev–Trinajstić information content (AvgIpc) is 3.17. The number of benzene rings is 2. The van der Waals surface area contributed by atoms with Crippen molar-refractivity contribution >= 4 is 33.4 Å². The Bertz CT molecular complexity index is 921. The van der Waals surface area contributed by atoms with E-state index < -0.39 is 0 Å². The van der Waals surface area contributed by atoms with Gasteiger partial charge in [-0.1, -0.05) is 15.9 Å². The van der Waals surface area contributed by atoms with Crippen molar-refractivity contribution < 1.29 is 9.59 Å². The van der Waals surface area contributed by atoms with Crippen LogP contribution in [-0.4, -0.2) is 28.1 Å². The molecule has 3 rings (SSSR count). The minimum Gasteiger partial charge on any atom is -0.343 e. The number of hydrogen-bond acceptors (Lipinski definition) is 3. The van der Waals surface area contributed by atoms with E-state index in [2.05, 4.69) is 31.7 Å². The molecule has 0 aliphatic rings. The first-order valence-corrected chi connectivity index (χ1v) is 8.76. The standard InChI is InChI=1S/C19H17BrN4O2/c1-13-11-15(20)5-8-17(13)23-18(25)12-21-19(26)14-3-6-16(7-4-14)24-10-2-9-22-24/h2-11H,12H2,1H3,(H,21,26)(H,23,25). The monoisotopic (exact) mass is 412 g/mol. The number of carbonyl (C=O) groups is 2. The zero-order valence-electron chi connectivity index (χ0n) is 14.1. The summed E-state index contributed by atoms with van der Waals surface area (Å²) in [7, 11) is 0. The highest BCUT2D eigenvalue weighted by molar-refractivity contribution is 9.10. The van der Waals surface area contributed by atoms with Gasteiger partial charge in [0.1, 0.15) is 0 Å². The van der Waals surface area contributed by atoms with E-state index in [0.29, 0.717) is 5.56 Å². The van der Waals surface area contributed by atoms with Crippen LogP contribution in [0.1, 0.15) is 15.9 Å². The minimum absolute atomic E-state index is 0.102. The lowest BCUT2D eigenvalue weighted by atomic mass is 10.2. The van der Waals surface area contributed by atoms with E-state index in [-0.39, 0.29) is 18.4 Å². The van der Waals surface area contributed by atoms with Gasteiger partial charge in [0.25, 0.3) is 5.91 Å². The van der Waals surface area contributed by atoms with E-state index in [1.165, 1.54) is 0 Å². The lowest BCUT2D eigenvalue weighted by Crippen LogP contribution is -2.33. The lowest BCUT2D eigenvalue weighted by Gasteiger charge is -2.10. The first-order chi connectivity index (χ1) is 12.5. The van der Waals surface area contributed by atoms with Gasteiger partial charge in [-0.15, -0.1) is 0 Å². The lowest BCUT2D eigenvalue weighted by molar-refractivity contribution is -0.115. The number of carbonyl (C=O) groups excluding carboxylic acids is 2. The smallest absolute Gasteiger partial charge is 0.251 e. The molecule has 2 aromatic carbocycles. The summed E-state index contributed by atoms with van der Waals surface area (Å²) in [6.45, 7) is 1.80. The third-order valence-corrected chi connectivity index (χ3v) is 4.26. The molecule has 132 valence electrons. The predicted octanol–water partition coefficient (Wildman–Crippen LogP) is 3.31. The second-order valence-corrected chi connectivity index (χ2v) is 6.60. The Labute approximate surface area is 159 Å². The number of amides is 2. The molecule has 3 aromatic rings. The van der Waals surface area contributed by atoms with Gasteiger partial charge in [-0.2, -0.15) is 5.10 Å². The molecular formula is C19H17BrN4O2. The van der Waals surface area contributed by atoms with Crippen molar-refractivity contribution in [3.63, 3.8) is 0 Å². The minimum atomic E-state index is -0.306. The van der Waals surface area contributed by atoms with Crippen LogP contribution in [0.15, 0.2) is 65.4 Å². The quantitative estimate of drug-likeness (QED) is 0.674. The molecule has 0 saturated heterocycles. The topological polar surface area (TPSA) is 76.0 Å². The van der Waals surface area contributed by atoms with E-state index in [0.717, 1.165) is 21.4 Å². The Morgan fingerprint density at radius 1 is 1.15 bits per heavy atom. The largest absolute Gasteiger partial charge is 0.343 e. The number of halogens is 1. The summed E-state index contributed by atoms with van der Waals surface area (Å²) in [5.74, 6) is -0.586. The molecule has 1 aromatic heterocycles. The molecule has 0 unspecified atom stereocenters. The van der Waals surface area contributed by atoms with Crippen LogP contribution in [0.4, 0.5) is 5.69 Å². The van der Waals surface area contributed by atoms with Gasteiger partial charge in [0.05, 0.1) is 12.2 Å². The maximum Gasteiger partial charge on any atom is 0.251 e. The molecule has 2 amide bonds. The SMILES string of the molecule is Cc1cc(Br)ccc1NC(=O)CNC(=O)c1ccc(-n2cccn2)cc1. The number of aromatic nitrogens is 2. The van der Waals surface area contributed by atoms with E-state index >= 15 is 0 Å². The summed E-state index contributed by atoms with van der Waals surface area (Å²) in [5, 5.41) is 9.54. The molecule has 0 bridgehead atoms. The van der Waals surface area contributed by atoms with Crippen LogP contribution >= 0.6 is 15.9 Å². The molecule has 1 heterocycles. The van der Waals surface area contributed by atoms with Crippen molar-refractivity contribution in [2.45, 2.75) is 6.92 Å². The molecule has 26 heavy (non-hydrogen) atoms. The summed E-state index contributed by atoms with van der Waals surface area (Å²) in [6, 6.07) is 14.4. The maximum absolute atomic E-state index is 12.2. The van der Waals surface area contributed by atoms with Crippen LogP contribution in [0.2, 0.25) is 0 Å². The average molecular weight is 413 g/mol. The molecule has 7 heteroatoms. The molecule has 0 fully saturated rings. The number of aryl methyl sites for hydroxylation is 1.